The van der Waals surface area contributed by atoms with E-state index in [0.29, 0.717) is 9.21 Å². The van der Waals surface area contributed by atoms with Crippen molar-refractivity contribution in [3.05, 3.63) is 33.6 Å². The van der Waals surface area contributed by atoms with Crippen molar-refractivity contribution < 1.29 is 4.79 Å². The van der Waals surface area contributed by atoms with E-state index < -0.39 is 0 Å². The van der Waals surface area contributed by atoms with Crippen molar-refractivity contribution in [3.8, 4) is 0 Å². The molecule has 0 saturated heterocycles. The zero-order valence-electron chi connectivity index (χ0n) is 7.51. The average molecular weight is 259 g/mol. The summed E-state index contributed by atoms with van der Waals surface area (Å²) < 4.78 is 0.624. The Balaban J connectivity index is 1.98. The molecule has 0 amide bonds. The van der Waals surface area contributed by atoms with Gasteiger partial charge in [0.1, 0.15) is 0 Å². The molecule has 0 spiro atoms. The van der Waals surface area contributed by atoms with Gasteiger partial charge in [-0.3, -0.25) is 9.79 Å². The first-order valence-corrected chi connectivity index (χ1v) is 6.24. The molecule has 1 aliphatic rings. The van der Waals surface area contributed by atoms with Gasteiger partial charge >= 0.3 is 0 Å². The van der Waals surface area contributed by atoms with Crippen molar-refractivity contribution >= 4 is 46.0 Å². The average Bonchev–Trinajstić information content (AvgIpc) is 2.66. The van der Waals surface area contributed by atoms with Crippen molar-refractivity contribution in [2.24, 2.45) is 4.99 Å². The molecular weight excluding hydrogens is 252 g/mol. The lowest BCUT2D eigenvalue weighted by Gasteiger charge is -2.12. The molecule has 0 bridgehead atoms. The van der Waals surface area contributed by atoms with Crippen LogP contribution in [0.1, 0.15) is 9.67 Å². The van der Waals surface area contributed by atoms with Gasteiger partial charge in [-0.05, 0) is 30.0 Å². The summed E-state index contributed by atoms with van der Waals surface area (Å²) in [5.74, 6) is 0. The van der Waals surface area contributed by atoms with Gasteiger partial charge in [0.25, 0.3) is 0 Å². The van der Waals surface area contributed by atoms with Crippen LogP contribution in [0.2, 0.25) is 4.34 Å². The molecule has 0 aliphatic carbocycles. The van der Waals surface area contributed by atoms with Crippen molar-refractivity contribution in [1.82, 2.24) is 5.32 Å². The lowest BCUT2D eigenvalue weighted by atomic mass is 10.5. The molecule has 0 fully saturated rings. The fourth-order valence-corrected chi connectivity index (χ4v) is 2.81. The third kappa shape index (κ3) is 2.84. The number of nitrogens with one attached hydrogen (secondary N) is 1. The van der Waals surface area contributed by atoms with E-state index in [1.807, 2.05) is 0 Å². The Hall–Kier alpha value is -0.780. The predicted molar refractivity (Wildman–Crippen MR) is 65.8 cm³/mol. The number of halogens is 1. The number of allylic oxidation sites excluding steroid dienone is 1. The molecule has 1 N–H and O–H groups in total. The van der Waals surface area contributed by atoms with Crippen LogP contribution in [-0.4, -0.2) is 16.8 Å². The molecule has 2 heterocycles. The molecular formula is C9H7ClN2OS2. The van der Waals surface area contributed by atoms with Crippen LogP contribution >= 0.6 is 34.7 Å². The van der Waals surface area contributed by atoms with Crippen LogP contribution in [0.4, 0.5) is 0 Å². The van der Waals surface area contributed by atoms with E-state index in [0.717, 1.165) is 11.8 Å². The van der Waals surface area contributed by atoms with Crippen molar-refractivity contribution in [2.75, 3.05) is 0 Å². The van der Waals surface area contributed by atoms with Gasteiger partial charge in [-0.15, -0.1) is 11.3 Å². The van der Waals surface area contributed by atoms with Crippen LogP contribution in [0.3, 0.4) is 0 Å². The lowest BCUT2D eigenvalue weighted by molar-refractivity contribution is 0.109. The van der Waals surface area contributed by atoms with Gasteiger partial charge in [-0.1, -0.05) is 11.6 Å². The van der Waals surface area contributed by atoms with Crippen molar-refractivity contribution in [2.45, 2.75) is 5.50 Å². The summed E-state index contributed by atoms with van der Waals surface area (Å²) in [6.07, 6.45) is 5.21. The summed E-state index contributed by atoms with van der Waals surface area (Å²) in [5.41, 5.74) is -0.233. The number of carbonyl (C=O) groups is 1. The first-order chi connectivity index (χ1) is 7.25. The fraction of sp³-hybridized carbons (Fsp3) is 0.111. The molecule has 15 heavy (non-hydrogen) atoms. The number of carbonyl (C=O) groups excluding carboxylic acids is 1. The number of aliphatic imine (C=N–C) groups is 1. The highest BCUT2D eigenvalue weighted by molar-refractivity contribution is 8.14. The molecule has 1 aromatic heterocycles. The highest BCUT2D eigenvalue weighted by Gasteiger charge is 2.15. The molecule has 1 aliphatic heterocycles. The zero-order chi connectivity index (χ0) is 10.7. The Morgan fingerprint density at radius 2 is 2.47 bits per heavy atom. The molecule has 6 heteroatoms. The van der Waals surface area contributed by atoms with Gasteiger partial charge in [0.15, 0.2) is 5.50 Å². The zero-order valence-corrected chi connectivity index (χ0v) is 9.90. The Bertz CT molecular complexity index is 428. The summed E-state index contributed by atoms with van der Waals surface area (Å²) in [4.78, 5) is 16.4. The van der Waals surface area contributed by atoms with E-state index in [9.17, 15) is 4.79 Å². The second-order valence-corrected chi connectivity index (χ2v) is 5.45. The number of rotatable bonds is 2. The molecule has 2 rings (SSSR count). The number of thioether (sulfide) groups is 1. The summed E-state index contributed by atoms with van der Waals surface area (Å²) in [7, 11) is 0. The van der Waals surface area contributed by atoms with E-state index in [-0.39, 0.29) is 10.6 Å². The van der Waals surface area contributed by atoms with Crippen LogP contribution in [0.5, 0.6) is 0 Å². The number of hydrogen-bond donors (Lipinski definition) is 1. The maximum absolute atomic E-state index is 11.7. The van der Waals surface area contributed by atoms with Crippen molar-refractivity contribution in [1.29, 1.82) is 0 Å². The SMILES string of the molecule is O=C(SC1N=CC=CN1)c1ccc(Cl)s1. The molecule has 1 unspecified atom stereocenters. The Kier molecular flexibility index (Phi) is 3.45. The highest BCUT2D eigenvalue weighted by Crippen LogP contribution is 2.26. The number of hydrogen-bond acceptors (Lipinski definition) is 5. The molecule has 0 saturated carbocycles. The van der Waals surface area contributed by atoms with Crippen LogP contribution in [-0.2, 0) is 0 Å². The first-order valence-electron chi connectivity index (χ1n) is 4.16. The van der Waals surface area contributed by atoms with E-state index >= 15 is 0 Å². The van der Waals surface area contributed by atoms with E-state index in [1.165, 1.54) is 11.3 Å². The first kappa shape index (κ1) is 10.7. The van der Waals surface area contributed by atoms with Gasteiger partial charge in [-0.2, -0.15) is 0 Å². The lowest BCUT2D eigenvalue weighted by Crippen LogP contribution is -2.22. The molecule has 78 valence electrons. The Labute approximate surface area is 100 Å². The second kappa shape index (κ2) is 4.83. The predicted octanol–water partition coefficient (Wildman–Crippen LogP) is 2.75. The van der Waals surface area contributed by atoms with Gasteiger partial charge in [0, 0.05) is 12.4 Å². The minimum Gasteiger partial charge on any atom is -0.361 e. The third-order valence-electron chi connectivity index (χ3n) is 1.64. The minimum absolute atomic E-state index is 0.0168. The van der Waals surface area contributed by atoms with E-state index in [4.69, 9.17) is 11.6 Å². The molecule has 1 atom stereocenters. The molecule has 0 radical (unpaired) electrons. The van der Waals surface area contributed by atoms with E-state index in [1.54, 1.807) is 30.6 Å². The van der Waals surface area contributed by atoms with Crippen LogP contribution < -0.4 is 5.32 Å². The second-order valence-electron chi connectivity index (χ2n) is 2.69. The minimum atomic E-state index is -0.233. The maximum atomic E-state index is 11.7. The molecule has 0 aromatic carbocycles. The highest BCUT2D eigenvalue weighted by atomic mass is 35.5. The van der Waals surface area contributed by atoms with E-state index in [2.05, 4.69) is 10.3 Å². The Morgan fingerprint density at radius 1 is 1.60 bits per heavy atom. The largest absolute Gasteiger partial charge is 0.361 e. The Morgan fingerprint density at radius 3 is 3.07 bits per heavy atom. The smallest absolute Gasteiger partial charge is 0.233 e. The third-order valence-corrected chi connectivity index (χ3v) is 3.91. The quantitative estimate of drug-likeness (QED) is 0.887. The normalized spacial score (nSPS) is 18.9. The van der Waals surface area contributed by atoms with Gasteiger partial charge in [0.2, 0.25) is 5.12 Å². The van der Waals surface area contributed by atoms with Crippen LogP contribution in [0, 0.1) is 0 Å². The fourth-order valence-electron chi connectivity index (χ4n) is 1.000. The summed E-state index contributed by atoms with van der Waals surface area (Å²) >= 11 is 8.17. The van der Waals surface area contributed by atoms with Crippen LogP contribution in [0.25, 0.3) is 0 Å². The summed E-state index contributed by atoms with van der Waals surface area (Å²) in [5, 5.41) is 2.95. The monoisotopic (exact) mass is 258 g/mol. The van der Waals surface area contributed by atoms with Gasteiger partial charge in [0.05, 0.1) is 9.21 Å². The van der Waals surface area contributed by atoms with Crippen molar-refractivity contribution in [3.63, 3.8) is 0 Å². The number of thiophene rings is 1. The maximum Gasteiger partial charge on any atom is 0.233 e. The summed E-state index contributed by atoms with van der Waals surface area (Å²) in [6, 6.07) is 3.45. The topological polar surface area (TPSA) is 41.5 Å². The molecule has 3 nitrogen and oxygen atoms in total. The van der Waals surface area contributed by atoms with Gasteiger partial charge < -0.3 is 5.32 Å². The molecule has 1 aromatic rings. The van der Waals surface area contributed by atoms with Crippen LogP contribution in [0.15, 0.2) is 29.4 Å². The summed E-state index contributed by atoms with van der Waals surface area (Å²) in [6.45, 7) is 0. The number of nitrogens with zero attached hydrogens (tertiary/aromatic N) is 1. The van der Waals surface area contributed by atoms with Gasteiger partial charge in [-0.25, -0.2) is 0 Å². The standard InChI is InChI=1S/C9H7ClN2OS2/c10-7-3-2-6(14-7)8(13)15-9-11-4-1-5-12-9/h1-5,9,11H.